The lowest BCUT2D eigenvalue weighted by Gasteiger charge is -2.13. The summed E-state index contributed by atoms with van der Waals surface area (Å²) in [6.45, 7) is 3.59. The maximum atomic E-state index is 5.59. The van der Waals surface area contributed by atoms with Crippen LogP contribution in [-0.2, 0) is 17.7 Å². The molecule has 0 spiro atoms. The molecular weight excluding hydrogens is 216 g/mol. The Morgan fingerprint density at radius 2 is 2.29 bits per heavy atom. The molecule has 0 amide bonds. The summed E-state index contributed by atoms with van der Waals surface area (Å²) in [7, 11) is 1.72. The Labute approximate surface area is 102 Å². The highest BCUT2D eigenvalue weighted by Crippen LogP contribution is 2.33. The van der Waals surface area contributed by atoms with Crippen molar-refractivity contribution in [1.82, 2.24) is 15.0 Å². The van der Waals surface area contributed by atoms with Crippen LogP contribution in [0, 0.1) is 5.92 Å². The average Bonchev–Trinajstić information content (AvgIpc) is 3.08. The summed E-state index contributed by atoms with van der Waals surface area (Å²) >= 11 is 0. The number of nitrogens with zero attached hydrogens (tertiary/aromatic N) is 3. The fourth-order valence-corrected chi connectivity index (χ4v) is 2.10. The summed E-state index contributed by atoms with van der Waals surface area (Å²) in [5.74, 6) is 0.905. The molecule has 1 aliphatic carbocycles. The van der Waals surface area contributed by atoms with Crippen molar-refractivity contribution in [2.75, 3.05) is 13.7 Å². The number of hydrogen-bond acceptors (Lipinski definition) is 4. The van der Waals surface area contributed by atoms with Crippen LogP contribution < -0.4 is 5.73 Å². The van der Waals surface area contributed by atoms with Crippen molar-refractivity contribution in [2.45, 2.75) is 45.3 Å². The second-order valence-corrected chi connectivity index (χ2v) is 4.79. The Bertz CT molecular complexity index is 359. The van der Waals surface area contributed by atoms with Crippen molar-refractivity contribution in [3.8, 4) is 0 Å². The van der Waals surface area contributed by atoms with Crippen LogP contribution in [0.15, 0.2) is 0 Å². The number of aryl methyl sites for hydroxylation is 1. The van der Waals surface area contributed by atoms with E-state index in [2.05, 4.69) is 10.3 Å². The van der Waals surface area contributed by atoms with E-state index in [1.54, 1.807) is 7.11 Å². The number of rotatable bonds is 7. The zero-order chi connectivity index (χ0) is 12.3. The number of ether oxygens (including phenoxy) is 1. The molecule has 1 saturated carbocycles. The van der Waals surface area contributed by atoms with E-state index < -0.39 is 0 Å². The van der Waals surface area contributed by atoms with Crippen LogP contribution in [0.1, 0.15) is 43.7 Å². The molecule has 5 heteroatoms. The van der Waals surface area contributed by atoms with E-state index in [9.17, 15) is 0 Å². The van der Waals surface area contributed by atoms with Gasteiger partial charge in [0.2, 0.25) is 0 Å². The molecule has 1 heterocycles. The fraction of sp³-hybridized carbons (Fsp3) is 0.833. The van der Waals surface area contributed by atoms with Crippen LogP contribution in [0.3, 0.4) is 0 Å². The van der Waals surface area contributed by atoms with Gasteiger partial charge in [0.05, 0.1) is 17.5 Å². The maximum absolute atomic E-state index is 5.59. The van der Waals surface area contributed by atoms with Gasteiger partial charge in [-0.3, -0.25) is 0 Å². The van der Waals surface area contributed by atoms with Crippen molar-refractivity contribution in [3.05, 3.63) is 11.4 Å². The first kappa shape index (κ1) is 12.5. The molecule has 1 aromatic heterocycles. The van der Waals surface area contributed by atoms with Gasteiger partial charge in [-0.15, -0.1) is 5.10 Å². The zero-order valence-electron chi connectivity index (χ0n) is 10.7. The smallest absolute Gasteiger partial charge is 0.0978 e. The Kier molecular flexibility index (Phi) is 4.12. The summed E-state index contributed by atoms with van der Waals surface area (Å²) in [6.07, 6.45) is 4.76. The first-order chi connectivity index (χ1) is 8.26. The van der Waals surface area contributed by atoms with Crippen molar-refractivity contribution in [2.24, 2.45) is 11.7 Å². The normalized spacial score (nSPS) is 17.4. The van der Waals surface area contributed by atoms with Gasteiger partial charge in [0.25, 0.3) is 0 Å². The fourth-order valence-electron chi connectivity index (χ4n) is 2.10. The lowest BCUT2D eigenvalue weighted by molar-refractivity contribution is 0.110. The van der Waals surface area contributed by atoms with Crippen molar-refractivity contribution in [3.63, 3.8) is 0 Å². The average molecular weight is 238 g/mol. The molecule has 1 unspecified atom stereocenters. The van der Waals surface area contributed by atoms with Crippen LogP contribution in [0.2, 0.25) is 0 Å². The molecule has 96 valence electrons. The standard InChI is InChI=1S/C12H22N4O/c1-9(17-2)12-11(5-7-13)14-15-16(12)8-6-10-3-4-10/h9-10H,3-8,13H2,1-2H3. The molecule has 0 bridgehead atoms. The molecule has 2 rings (SSSR count). The minimum atomic E-state index is 0.0331. The van der Waals surface area contributed by atoms with E-state index in [-0.39, 0.29) is 6.10 Å². The highest BCUT2D eigenvalue weighted by Gasteiger charge is 2.23. The maximum Gasteiger partial charge on any atom is 0.0978 e. The van der Waals surface area contributed by atoms with Gasteiger partial charge in [0.15, 0.2) is 0 Å². The lowest BCUT2D eigenvalue weighted by atomic mass is 10.1. The Hall–Kier alpha value is -0.940. The molecule has 1 aromatic rings. The molecule has 1 aliphatic rings. The van der Waals surface area contributed by atoms with E-state index in [0.29, 0.717) is 6.54 Å². The quantitative estimate of drug-likeness (QED) is 0.777. The molecule has 17 heavy (non-hydrogen) atoms. The third-order valence-corrected chi connectivity index (χ3v) is 3.41. The largest absolute Gasteiger partial charge is 0.375 e. The Morgan fingerprint density at radius 1 is 1.53 bits per heavy atom. The van der Waals surface area contributed by atoms with Gasteiger partial charge in [-0.25, -0.2) is 4.68 Å². The minimum absolute atomic E-state index is 0.0331. The number of hydrogen-bond donors (Lipinski definition) is 1. The van der Waals surface area contributed by atoms with Gasteiger partial charge in [-0.05, 0) is 25.8 Å². The van der Waals surface area contributed by atoms with Gasteiger partial charge in [-0.2, -0.15) is 0 Å². The monoisotopic (exact) mass is 238 g/mol. The van der Waals surface area contributed by atoms with Crippen LogP contribution in [-0.4, -0.2) is 28.6 Å². The predicted octanol–water partition coefficient (Wildman–Crippen LogP) is 1.29. The molecular formula is C12H22N4O. The highest BCUT2D eigenvalue weighted by molar-refractivity contribution is 5.13. The molecule has 1 atom stereocenters. The lowest BCUT2D eigenvalue weighted by Crippen LogP contribution is -2.13. The number of methoxy groups -OCH3 is 1. The van der Waals surface area contributed by atoms with Crippen LogP contribution in [0.25, 0.3) is 0 Å². The molecule has 0 saturated heterocycles. The van der Waals surface area contributed by atoms with Gasteiger partial charge < -0.3 is 10.5 Å². The molecule has 5 nitrogen and oxygen atoms in total. The second-order valence-electron chi connectivity index (χ2n) is 4.79. The molecule has 0 aliphatic heterocycles. The third-order valence-electron chi connectivity index (χ3n) is 3.41. The van der Waals surface area contributed by atoms with Crippen LogP contribution >= 0.6 is 0 Å². The summed E-state index contributed by atoms with van der Waals surface area (Å²) in [4.78, 5) is 0. The van der Waals surface area contributed by atoms with E-state index in [1.807, 2.05) is 11.6 Å². The van der Waals surface area contributed by atoms with Crippen molar-refractivity contribution < 1.29 is 4.74 Å². The van der Waals surface area contributed by atoms with Gasteiger partial charge in [-0.1, -0.05) is 18.1 Å². The first-order valence-electron chi connectivity index (χ1n) is 6.41. The highest BCUT2D eigenvalue weighted by atomic mass is 16.5. The summed E-state index contributed by atoms with van der Waals surface area (Å²) in [6, 6.07) is 0. The number of nitrogens with two attached hydrogens (primary N) is 1. The molecule has 0 aromatic carbocycles. The van der Waals surface area contributed by atoms with E-state index in [0.717, 1.165) is 30.3 Å². The van der Waals surface area contributed by atoms with Gasteiger partial charge in [0, 0.05) is 20.1 Å². The van der Waals surface area contributed by atoms with Crippen LogP contribution in [0.5, 0.6) is 0 Å². The summed E-state index contributed by atoms with van der Waals surface area (Å²) in [5, 5.41) is 8.46. The van der Waals surface area contributed by atoms with E-state index in [4.69, 9.17) is 10.5 Å². The first-order valence-corrected chi connectivity index (χ1v) is 6.41. The van der Waals surface area contributed by atoms with Gasteiger partial charge >= 0.3 is 0 Å². The Morgan fingerprint density at radius 3 is 2.88 bits per heavy atom. The SMILES string of the molecule is COC(C)c1c(CCN)nnn1CCC1CC1. The van der Waals surface area contributed by atoms with Crippen molar-refractivity contribution in [1.29, 1.82) is 0 Å². The second kappa shape index (κ2) is 5.60. The van der Waals surface area contributed by atoms with Crippen LogP contribution in [0.4, 0.5) is 0 Å². The molecule has 1 fully saturated rings. The van der Waals surface area contributed by atoms with E-state index >= 15 is 0 Å². The topological polar surface area (TPSA) is 66.0 Å². The third kappa shape index (κ3) is 3.04. The minimum Gasteiger partial charge on any atom is -0.375 e. The van der Waals surface area contributed by atoms with Gasteiger partial charge in [0.1, 0.15) is 0 Å². The van der Waals surface area contributed by atoms with E-state index in [1.165, 1.54) is 19.3 Å². The molecule has 0 radical (unpaired) electrons. The summed E-state index contributed by atoms with van der Waals surface area (Å²) < 4.78 is 7.40. The Balaban J connectivity index is 2.11. The predicted molar refractivity (Wildman–Crippen MR) is 65.5 cm³/mol. The van der Waals surface area contributed by atoms with Crippen molar-refractivity contribution >= 4 is 0 Å². The molecule has 2 N–H and O–H groups in total. The zero-order valence-corrected chi connectivity index (χ0v) is 10.7. The number of aromatic nitrogens is 3. The summed E-state index contributed by atoms with van der Waals surface area (Å²) in [5.41, 5.74) is 7.67.